The average Bonchev–Trinajstić information content (AvgIpc) is 3.38. The molecular weight excluding hydrogens is 404 g/mol. The molecule has 0 aliphatic heterocycles. The van der Waals surface area contributed by atoms with Gasteiger partial charge in [0.2, 0.25) is 0 Å². The van der Waals surface area contributed by atoms with Crippen LogP contribution in [0.25, 0.3) is 32.6 Å². The van der Waals surface area contributed by atoms with Crippen molar-refractivity contribution in [2.45, 2.75) is 20.8 Å². The average molecular weight is 421 g/mol. The fourth-order valence-corrected chi connectivity index (χ4v) is 5.26. The predicted octanol–water partition coefficient (Wildman–Crippen LogP) is 5.74. The van der Waals surface area contributed by atoms with Crippen LogP contribution in [-0.4, -0.2) is 20.9 Å². The van der Waals surface area contributed by atoms with Gasteiger partial charge in [-0.15, -0.1) is 22.7 Å². The number of anilines is 1. The van der Waals surface area contributed by atoms with Crippen molar-refractivity contribution in [2.75, 3.05) is 5.32 Å². The molecule has 8 heteroatoms. The van der Waals surface area contributed by atoms with E-state index in [1.807, 2.05) is 56.5 Å². The maximum Gasteiger partial charge on any atom is 0.267 e. The molecule has 1 N–H and O–H groups in total. The van der Waals surface area contributed by atoms with Crippen LogP contribution >= 0.6 is 22.7 Å². The van der Waals surface area contributed by atoms with Crippen molar-refractivity contribution < 1.29 is 9.21 Å². The highest BCUT2D eigenvalue weighted by molar-refractivity contribution is 7.21. The van der Waals surface area contributed by atoms with Crippen LogP contribution in [0.5, 0.6) is 0 Å². The first kappa shape index (κ1) is 18.0. The molecule has 144 valence electrons. The fraction of sp³-hybridized carbons (Fsp3) is 0.143. The zero-order valence-electron chi connectivity index (χ0n) is 15.9. The number of benzene rings is 1. The summed E-state index contributed by atoms with van der Waals surface area (Å²) in [6.07, 6.45) is 0. The molecule has 1 amide bonds. The molecule has 0 fully saturated rings. The predicted molar refractivity (Wildman–Crippen MR) is 117 cm³/mol. The molecule has 0 aliphatic rings. The Morgan fingerprint density at radius 1 is 1.10 bits per heavy atom. The number of fused-ring (bicyclic) bond motifs is 2. The van der Waals surface area contributed by atoms with Crippen molar-refractivity contribution in [2.24, 2.45) is 0 Å². The van der Waals surface area contributed by atoms with Gasteiger partial charge < -0.3 is 4.42 Å². The minimum Gasteiger partial charge on any atom is -0.454 e. The lowest BCUT2D eigenvalue weighted by Crippen LogP contribution is -2.11. The Morgan fingerprint density at radius 2 is 1.93 bits per heavy atom. The number of carbonyl (C=O) groups is 1. The zero-order valence-corrected chi connectivity index (χ0v) is 17.6. The van der Waals surface area contributed by atoms with Crippen molar-refractivity contribution in [3.63, 3.8) is 0 Å². The van der Waals surface area contributed by atoms with Gasteiger partial charge in [-0.1, -0.05) is 18.2 Å². The van der Waals surface area contributed by atoms with E-state index in [1.165, 1.54) is 22.7 Å². The smallest absolute Gasteiger partial charge is 0.267 e. The number of para-hydroxylation sites is 1. The fourth-order valence-electron chi connectivity index (χ4n) is 3.40. The van der Waals surface area contributed by atoms with E-state index in [-0.39, 0.29) is 5.91 Å². The number of nitrogens with one attached hydrogen (secondary N) is 1. The number of nitrogens with zero attached hydrogens (tertiary/aromatic N) is 3. The topological polar surface area (TPSA) is 80.9 Å². The summed E-state index contributed by atoms with van der Waals surface area (Å²) in [4.78, 5) is 27.8. The first-order valence-electron chi connectivity index (χ1n) is 9.00. The van der Waals surface area contributed by atoms with Gasteiger partial charge in [-0.3, -0.25) is 10.1 Å². The molecule has 4 aromatic heterocycles. The van der Waals surface area contributed by atoms with Crippen molar-refractivity contribution in [3.05, 3.63) is 57.7 Å². The third-order valence-electron chi connectivity index (χ3n) is 4.69. The van der Waals surface area contributed by atoms with Gasteiger partial charge in [0.25, 0.3) is 5.91 Å². The standard InChI is InChI=1S/C21H16N4O2S2/c1-10-17-11(2)22-12(3)23-20(17)29-18(10)19(26)25-21-24-14(9-28-21)16-8-13-6-4-5-7-15(13)27-16/h4-9H,1-3H3,(H,24,25,26). The lowest BCUT2D eigenvalue weighted by molar-refractivity contribution is 0.103. The summed E-state index contributed by atoms with van der Waals surface area (Å²) in [7, 11) is 0. The summed E-state index contributed by atoms with van der Waals surface area (Å²) in [5.41, 5.74) is 3.30. The third kappa shape index (κ3) is 3.10. The van der Waals surface area contributed by atoms with E-state index in [0.29, 0.717) is 27.3 Å². The zero-order chi connectivity index (χ0) is 20.1. The number of hydrogen-bond donors (Lipinski definition) is 1. The van der Waals surface area contributed by atoms with E-state index in [2.05, 4.69) is 20.3 Å². The number of thiophene rings is 1. The highest BCUT2D eigenvalue weighted by atomic mass is 32.1. The molecule has 0 spiro atoms. The van der Waals surface area contributed by atoms with Crippen molar-refractivity contribution >= 4 is 54.9 Å². The molecular formula is C21H16N4O2S2. The second kappa shape index (κ2) is 6.75. The number of carbonyl (C=O) groups excluding carboxylic acids is 1. The van der Waals surface area contributed by atoms with Crippen molar-refractivity contribution in [1.82, 2.24) is 15.0 Å². The normalized spacial score (nSPS) is 11.4. The molecule has 4 heterocycles. The lowest BCUT2D eigenvalue weighted by Gasteiger charge is -2.01. The summed E-state index contributed by atoms with van der Waals surface area (Å²) in [5, 5.41) is 7.29. The van der Waals surface area contributed by atoms with Crippen LogP contribution in [0, 0.1) is 20.8 Å². The van der Waals surface area contributed by atoms with E-state index in [4.69, 9.17) is 4.42 Å². The molecule has 0 aliphatic carbocycles. The number of amides is 1. The molecule has 0 atom stereocenters. The summed E-state index contributed by atoms with van der Waals surface area (Å²) >= 11 is 2.75. The van der Waals surface area contributed by atoms with Gasteiger partial charge >= 0.3 is 0 Å². The van der Waals surface area contributed by atoms with E-state index < -0.39 is 0 Å². The van der Waals surface area contributed by atoms with E-state index in [9.17, 15) is 4.79 Å². The molecule has 0 unspecified atom stereocenters. The van der Waals surface area contributed by atoms with Gasteiger partial charge in [0.05, 0.1) is 4.88 Å². The second-order valence-electron chi connectivity index (χ2n) is 6.73. The van der Waals surface area contributed by atoms with Gasteiger partial charge in [0, 0.05) is 21.8 Å². The highest BCUT2D eigenvalue weighted by Gasteiger charge is 2.20. The Morgan fingerprint density at radius 3 is 2.76 bits per heavy atom. The van der Waals surface area contributed by atoms with Crippen LogP contribution in [-0.2, 0) is 0 Å². The van der Waals surface area contributed by atoms with Gasteiger partial charge in [0.15, 0.2) is 10.9 Å². The molecule has 1 aromatic carbocycles. The molecule has 0 bridgehead atoms. The minimum absolute atomic E-state index is 0.187. The maximum atomic E-state index is 12.9. The van der Waals surface area contributed by atoms with Crippen molar-refractivity contribution in [3.8, 4) is 11.5 Å². The van der Waals surface area contributed by atoms with Gasteiger partial charge in [-0.25, -0.2) is 15.0 Å². The van der Waals surface area contributed by atoms with Crippen LogP contribution in [0.4, 0.5) is 5.13 Å². The minimum atomic E-state index is -0.187. The Balaban J connectivity index is 1.44. The van der Waals surface area contributed by atoms with E-state index >= 15 is 0 Å². The quantitative estimate of drug-likeness (QED) is 0.403. The maximum absolute atomic E-state index is 12.9. The number of thiazole rings is 1. The van der Waals surface area contributed by atoms with Crippen LogP contribution in [0.3, 0.4) is 0 Å². The third-order valence-corrected chi connectivity index (χ3v) is 6.63. The molecule has 5 aromatic rings. The lowest BCUT2D eigenvalue weighted by atomic mass is 10.1. The highest BCUT2D eigenvalue weighted by Crippen LogP contribution is 2.33. The molecule has 0 saturated carbocycles. The number of furan rings is 1. The summed E-state index contributed by atoms with van der Waals surface area (Å²) in [5.74, 6) is 1.20. The molecule has 0 saturated heterocycles. The molecule has 29 heavy (non-hydrogen) atoms. The molecule has 0 radical (unpaired) electrons. The van der Waals surface area contributed by atoms with Crippen LogP contribution in [0.2, 0.25) is 0 Å². The van der Waals surface area contributed by atoms with Gasteiger partial charge in [0.1, 0.15) is 21.9 Å². The molecule has 6 nitrogen and oxygen atoms in total. The van der Waals surface area contributed by atoms with Crippen LogP contribution in [0.1, 0.15) is 26.8 Å². The Hall–Kier alpha value is -3.10. The Bertz CT molecular complexity index is 1360. The van der Waals surface area contributed by atoms with Crippen LogP contribution < -0.4 is 5.32 Å². The summed E-state index contributed by atoms with van der Waals surface area (Å²) in [6.45, 7) is 5.73. The number of hydrogen-bond acceptors (Lipinski definition) is 7. The van der Waals surface area contributed by atoms with Crippen LogP contribution in [0.15, 0.2) is 40.1 Å². The van der Waals surface area contributed by atoms with E-state index in [0.717, 1.165) is 32.4 Å². The number of aromatic nitrogens is 3. The van der Waals surface area contributed by atoms with Gasteiger partial charge in [-0.05, 0) is 38.5 Å². The SMILES string of the molecule is Cc1nc(C)c2c(C)c(C(=O)Nc3nc(-c4cc5ccccc5o4)cs3)sc2n1. The largest absolute Gasteiger partial charge is 0.454 e. The van der Waals surface area contributed by atoms with Crippen molar-refractivity contribution in [1.29, 1.82) is 0 Å². The number of aryl methyl sites for hydroxylation is 3. The first-order valence-corrected chi connectivity index (χ1v) is 10.7. The molecule has 5 rings (SSSR count). The summed E-state index contributed by atoms with van der Waals surface area (Å²) < 4.78 is 5.86. The Labute approximate surface area is 174 Å². The summed E-state index contributed by atoms with van der Waals surface area (Å²) in [6, 6.07) is 9.77. The van der Waals surface area contributed by atoms with Gasteiger partial charge in [-0.2, -0.15) is 0 Å². The second-order valence-corrected chi connectivity index (χ2v) is 8.59. The first-order chi connectivity index (χ1) is 14.0. The monoisotopic (exact) mass is 420 g/mol. The Kier molecular flexibility index (Phi) is 4.18. The van der Waals surface area contributed by atoms with E-state index in [1.54, 1.807) is 0 Å². The number of rotatable bonds is 3.